The van der Waals surface area contributed by atoms with Crippen LogP contribution in [0.5, 0.6) is 5.75 Å². The summed E-state index contributed by atoms with van der Waals surface area (Å²) in [5.74, 6) is 1.11. The van der Waals surface area contributed by atoms with Gasteiger partial charge in [0.15, 0.2) is 5.78 Å². The Morgan fingerprint density at radius 2 is 2.08 bits per heavy atom. The summed E-state index contributed by atoms with van der Waals surface area (Å²) in [6.45, 7) is 1.41. The van der Waals surface area contributed by atoms with Gasteiger partial charge in [-0.05, 0) is 62.6 Å². The van der Waals surface area contributed by atoms with Gasteiger partial charge in [0.25, 0.3) is 0 Å². The molecule has 4 nitrogen and oxygen atoms in total. The lowest BCUT2D eigenvalue weighted by atomic mass is 9.70. The van der Waals surface area contributed by atoms with Crippen LogP contribution >= 0.6 is 0 Å². The number of carbonyl (C=O) groups excluding carboxylic acids is 1. The molecule has 0 aromatic heterocycles. The molecule has 1 saturated carbocycles. The molecule has 1 aromatic rings. The van der Waals surface area contributed by atoms with Crippen molar-refractivity contribution < 1.29 is 19.0 Å². The lowest BCUT2D eigenvalue weighted by Crippen LogP contribution is -2.35. The van der Waals surface area contributed by atoms with Crippen molar-refractivity contribution in [2.75, 3.05) is 20.3 Å². The van der Waals surface area contributed by atoms with Crippen LogP contribution in [0.25, 0.3) is 0 Å². The molecule has 4 rings (SSSR count). The van der Waals surface area contributed by atoms with Crippen LogP contribution in [0.4, 0.5) is 0 Å². The van der Waals surface area contributed by atoms with Crippen LogP contribution in [-0.4, -0.2) is 38.3 Å². The third-order valence-corrected chi connectivity index (χ3v) is 6.02. The van der Waals surface area contributed by atoms with Gasteiger partial charge in [-0.25, -0.2) is 0 Å². The molecular weight excluding hydrogens is 304 g/mol. The monoisotopic (exact) mass is 330 g/mol. The molecule has 1 aromatic carbocycles. The van der Waals surface area contributed by atoms with Crippen LogP contribution in [0.1, 0.15) is 54.4 Å². The fourth-order valence-corrected chi connectivity index (χ4v) is 4.49. The molecule has 0 amide bonds. The highest BCUT2D eigenvalue weighted by Crippen LogP contribution is 2.48. The Morgan fingerprint density at radius 3 is 2.79 bits per heavy atom. The number of benzene rings is 1. The van der Waals surface area contributed by atoms with Crippen molar-refractivity contribution in [3.05, 3.63) is 29.3 Å². The maximum Gasteiger partial charge on any atom is 0.169 e. The Labute approximate surface area is 143 Å². The average molecular weight is 330 g/mol. The second-order valence-corrected chi connectivity index (χ2v) is 7.49. The van der Waals surface area contributed by atoms with Crippen LogP contribution in [-0.2, 0) is 15.9 Å². The Bertz CT molecular complexity index is 610. The zero-order valence-electron chi connectivity index (χ0n) is 14.4. The summed E-state index contributed by atoms with van der Waals surface area (Å²) in [6.07, 6.45) is 7.41. The molecule has 2 fully saturated rings. The quantitative estimate of drug-likeness (QED) is 0.847. The fourth-order valence-electron chi connectivity index (χ4n) is 4.49. The first kappa shape index (κ1) is 16.1. The molecule has 1 heterocycles. The first-order valence-corrected chi connectivity index (χ1v) is 9.15. The fraction of sp³-hybridized carbons (Fsp3) is 0.650. The van der Waals surface area contributed by atoms with E-state index in [1.807, 2.05) is 12.1 Å². The van der Waals surface area contributed by atoms with Crippen LogP contribution in [0.15, 0.2) is 18.2 Å². The summed E-state index contributed by atoms with van der Waals surface area (Å²) in [4.78, 5) is 13.1. The van der Waals surface area contributed by atoms with E-state index in [1.54, 1.807) is 7.11 Å². The number of methoxy groups -OCH3 is 1. The molecule has 0 N–H and O–H groups in total. The summed E-state index contributed by atoms with van der Waals surface area (Å²) in [5.41, 5.74) is 1.86. The van der Waals surface area contributed by atoms with Gasteiger partial charge < -0.3 is 14.2 Å². The molecule has 130 valence electrons. The molecule has 4 heteroatoms. The highest BCUT2D eigenvalue weighted by molar-refractivity contribution is 6.05. The SMILES string of the molecule is COC1CCC2(CC1)Cc1ccc(OCC3CCCO3)cc1C2=O. The largest absolute Gasteiger partial charge is 0.491 e. The van der Waals surface area contributed by atoms with Gasteiger partial charge >= 0.3 is 0 Å². The van der Waals surface area contributed by atoms with Gasteiger partial charge in [-0.3, -0.25) is 4.79 Å². The lowest BCUT2D eigenvalue weighted by Gasteiger charge is -2.35. The molecular formula is C20H26O4. The Hall–Kier alpha value is -1.39. The number of carbonyl (C=O) groups is 1. The van der Waals surface area contributed by atoms with E-state index in [0.29, 0.717) is 18.5 Å². The van der Waals surface area contributed by atoms with Crippen LogP contribution in [0.2, 0.25) is 0 Å². The third-order valence-electron chi connectivity index (χ3n) is 6.02. The average Bonchev–Trinajstić information content (AvgIpc) is 3.22. The Balaban J connectivity index is 1.46. The standard InChI is InChI=1S/C20H26O4/c1-22-15-6-8-20(9-7-15)12-14-4-5-16(11-18(14)19(20)21)24-13-17-3-2-10-23-17/h4-5,11,15,17H,2-3,6-10,12-13H2,1H3. The Morgan fingerprint density at radius 1 is 1.25 bits per heavy atom. The minimum Gasteiger partial charge on any atom is -0.491 e. The van der Waals surface area contributed by atoms with E-state index in [4.69, 9.17) is 14.2 Å². The van der Waals surface area contributed by atoms with E-state index in [1.165, 1.54) is 5.56 Å². The van der Waals surface area contributed by atoms with Gasteiger partial charge in [0.1, 0.15) is 12.4 Å². The normalized spacial score (nSPS) is 32.3. The number of rotatable bonds is 4. The number of ether oxygens (including phenoxy) is 3. The summed E-state index contributed by atoms with van der Waals surface area (Å²) in [7, 11) is 1.77. The van der Waals surface area contributed by atoms with Gasteiger partial charge in [0.2, 0.25) is 0 Å². The van der Waals surface area contributed by atoms with Gasteiger partial charge in [-0.2, -0.15) is 0 Å². The molecule has 1 spiro atoms. The summed E-state index contributed by atoms with van der Waals surface area (Å²) >= 11 is 0. The molecule has 24 heavy (non-hydrogen) atoms. The van der Waals surface area contributed by atoms with E-state index in [9.17, 15) is 4.79 Å². The molecule has 0 bridgehead atoms. The van der Waals surface area contributed by atoms with Crippen molar-refractivity contribution in [2.45, 2.75) is 57.2 Å². The number of fused-ring (bicyclic) bond motifs is 1. The van der Waals surface area contributed by atoms with Crippen molar-refractivity contribution in [3.63, 3.8) is 0 Å². The second-order valence-electron chi connectivity index (χ2n) is 7.49. The van der Waals surface area contributed by atoms with Crippen molar-refractivity contribution in [1.82, 2.24) is 0 Å². The van der Waals surface area contributed by atoms with Crippen molar-refractivity contribution in [1.29, 1.82) is 0 Å². The Kier molecular flexibility index (Phi) is 4.35. The van der Waals surface area contributed by atoms with Crippen LogP contribution in [0, 0.1) is 5.41 Å². The third kappa shape index (κ3) is 2.86. The zero-order chi connectivity index (χ0) is 16.6. The van der Waals surface area contributed by atoms with Gasteiger partial charge in [0.05, 0.1) is 12.2 Å². The predicted molar refractivity (Wildman–Crippen MR) is 90.6 cm³/mol. The molecule has 2 aliphatic carbocycles. The van der Waals surface area contributed by atoms with Crippen LogP contribution in [0.3, 0.4) is 0 Å². The first-order chi connectivity index (χ1) is 11.7. The minimum absolute atomic E-state index is 0.190. The minimum atomic E-state index is -0.190. The van der Waals surface area contributed by atoms with E-state index < -0.39 is 0 Å². The van der Waals surface area contributed by atoms with Crippen molar-refractivity contribution in [2.24, 2.45) is 5.41 Å². The number of ketones is 1. The van der Waals surface area contributed by atoms with Gasteiger partial charge in [0, 0.05) is 24.7 Å². The second kappa shape index (κ2) is 6.49. The summed E-state index contributed by atoms with van der Waals surface area (Å²) in [6, 6.07) is 6.03. The maximum absolute atomic E-state index is 13.1. The summed E-state index contributed by atoms with van der Waals surface area (Å²) in [5, 5.41) is 0. The van der Waals surface area contributed by atoms with E-state index in [0.717, 1.165) is 62.9 Å². The van der Waals surface area contributed by atoms with E-state index >= 15 is 0 Å². The molecule has 1 atom stereocenters. The summed E-state index contributed by atoms with van der Waals surface area (Å²) < 4.78 is 16.9. The highest BCUT2D eigenvalue weighted by atomic mass is 16.5. The maximum atomic E-state index is 13.1. The molecule has 3 aliphatic rings. The number of hydrogen-bond donors (Lipinski definition) is 0. The predicted octanol–water partition coefficient (Wildman–Crippen LogP) is 3.56. The molecule has 1 saturated heterocycles. The van der Waals surface area contributed by atoms with Gasteiger partial charge in [-0.1, -0.05) is 6.07 Å². The topological polar surface area (TPSA) is 44.8 Å². The zero-order valence-corrected chi connectivity index (χ0v) is 14.4. The van der Waals surface area contributed by atoms with E-state index in [2.05, 4.69) is 6.07 Å². The van der Waals surface area contributed by atoms with Crippen LogP contribution < -0.4 is 4.74 Å². The number of Topliss-reactive ketones (excluding diaryl/α,β-unsaturated/α-hetero) is 1. The van der Waals surface area contributed by atoms with Crippen molar-refractivity contribution >= 4 is 5.78 Å². The van der Waals surface area contributed by atoms with E-state index in [-0.39, 0.29) is 11.5 Å². The number of hydrogen-bond acceptors (Lipinski definition) is 4. The van der Waals surface area contributed by atoms with Crippen molar-refractivity contribution in [3.8, 4) is 5.75 Å². The van der Waals surface area contributed by atoms with Gasteiger partial charge in [-0.15, -0.1) is 0 Å². The molecule has 0 radical (unpaired) electrons. The lowest BCUT2D eigenvalue weighted by molar-refractivity contribution is 0.0285. The smallest absolute Gasteiger partial charge is 0.169 e. The molecule has 1 aliphatic heterocycles. The highest BCUT2D eigenvalue weighted by Gasteiger charge is 2.47. The molecule has 1 unspecified atom stereocenters. The first-order valence-electron chi connectivity index (χ1n) is 9.15.